The molecule has 0 fully saturated rings. The highest BCUT2D eigenvalue weighted by Crippen LogP contribution is 2.26. The van der Waals surface area contributed by atoms with Crippen molar-refractivity contribution in [2.75, 3.05) is 7.11 Å². The third-order valence-corrected chi connectivity index (χ3v) is 3.89. The number of benzene rings is 1. The Kier molecular flexibility index (Phi) is 2.90. The number of rotatable bonds is 2. The van der Waals surface area contributed by atoms with Gasteiger partial charge in [-0.3, -0.25) is 0 Å². The van der Waals surface area contributed by atoms with E-state index < -0.39 is 0 Å². The quantitative estimate of drug-likeness (QED) is 0.750. The summed E-state index contributed by atoms with van der Waals surface area (Å²) in [5, 5.41) is 0.975. The SMILES string of the molecule is COc1ccc(-c2nsc(=S)s2)cc1. The standard InChI is InChI=1S/C9H7NOS3/c1-11-7-4-2-6(3-5-7)8-10-14-9(12)13-8/h2-5H,1H3. The third kappa shape index (κ3) is 2.00. The predicted octanol–water partition coefficient (Wildman–Crippen LogP) is 3.61. The molecule has 2 aromatic rings. The van der Waals surface area contributed by atoms with E-state index in [0.717, 1.165) is 19.5 Å². The Bertz CT molecular complexity index is 471. The number of aromatic nitrogens is 1. The lowest BCUT2D eigenvalue weighted by Crippen LogP contribution is -1.81. The predicted molar refractivity (Wildman–Crippen MR) is 62.8 cm³/mol. The molecule has 0 atom stereocenters. The van der Waals surface area contributed by atoms with Crippen LogP contribution in [0.25, 0.3) is 10.6 Å². The van der Waals surface area contributed by atoms with Gasteiger partial charge in [-0.05, 0) is 35.8 Å². The van der Waals surface area contributed by atoms with E-state index in [-0.39, 0.29) is 0 Å². The van der Waals surface area contributed by atoms with Gasteiger partial charge in [-0.1, -0.05) is 23.6 Å². The second-order valence-corrected chi connectivity index (χ2v) is 5.52. The van der Waals surface area contributed by atoms with Gasteiger partial charge >= 0.3 is 0 Å². The van der Waals surface area contributed by atoms with Crippen LogP contribution in [0.15, 0.2) is 24.3 Å². The van der Waals surface area contributed by atoms with E-state index in [1.165, 1.54) is 22.9 Å². The zero-order valence-electron chi connectivity index (χ0n) is 7.39. The van der Waals surface area contributed by atoms with Gasteiger partial charge in [0.15, 0.2) is 3.14 Å². The fourth-order valence-electron chi connectivity index (χ4n) is 1.04. The molecule has 0 N–H and O–H groups in total. The Morgan fingerprint density at radius 3 is 2.50 bits per heavy atom. The van der Waals surface area contributed by atoms with Crippen molar-refractivity contribution in [3.05, 3.63) is 27.4 Å². The van der Waals surface area contributed by atoms with E-state index in [4.69, 9.17) is 17.0 Å². The molecular weight excluding hydrogens is 234 g/mol. The molecule has 0 saturated carbocycles. The molecule has 14 heavy (non-hydrogen) atoms. The van der Waals surface area contributed by atoms with Gasteiger partial charge in [-0.2, -0.15) is 4.37 Å². The van der Waals surface area contributed by atoms with Gasteiger partial charge < -0.3 is 4.74 Å². The van der Waals surface area contributed by atoms with Crippen LogP contribution in [0.2, 0.25) is 0 Å². The molecule has 1 heterocycles. The van der Waals surface area contributed by atoms with Gasteiger partial charge in [0, 0.05) is 5.56 Å². The molecule has 0 aliphatic rings. The van der Waals surface area contributed by atoms with Gasteiger partial charge in [0.05, 0.1) is 7.11 Å². The molecule has 1 aromatic carbocycles. The zero-order chi connectivity index (χ0) is 9.97. The van der Waals surface area contributed by atoms with E-state index >= 15 is 0 Å². The van der Waals surface area contributed by atoms with Crippen LogP contribution >= 0.6 is 35.1 Å². The van der Waals surface area contributed by atoms with E-state index in [2.05, 4.69) is 4.37 Å². The Morgan fingerprint density at radius 1 is 1.29 bits per heavy atom. The molecule has 0 spiro atoms. The minimum absolute atomic E-state index is 0.854. The number of ether oxygens (including phenoxy) is 1. The van der Waals surface area contributed by atoms with Crippen molar-refractivity contribution >= 4 is 35.1 Å². The molecule has 72 valence electrons. The second-order valence-electron chi connectivity index (χ2n) is 2.57. The first-order valence-corrected chi connectivity index (χ1v) is 5.90. The molecule has 0 amide bonds. The van der Waals surface area contributed by atoms with Crippen molar-refractivity contribution in [3.63, 3.8) is 0 Å². The van der Waals surface area contributed by atoms with E-state index in [1.54, 1.807) is 7.11 Å². The van der Waals surface area contributed by atoms with Gasteiger partial charge in [-0.15, -0.1) is 0 Å². The summed E-state index contributed by atoms with van der Waals surface area (Å²) in [6, 6.07) is 7.81. The monoisotopic (exact) mass is 241 g/mol. The first-order chi connectivity index (χ1) is 6.79. The second kappa shape index (κ2) is 4.16. The summed E-state index contributed by atoms with van der Waals surface area (Å²) in [5.41, 5.74) is 1.09. The summed E-state index contributed by atoms with van der Waals surface area (Å²) in [6.45, 7) is 0. The molecule has 0 aliphatic heterocycles. The van der Waals surface area contributed by atoms with Crippen molar-refractivity contribution in [1.82, 2.24) is 4.37 Å². The molecule has 0 aliphatic carbocycles. The number of methoxy groups -OCH3 is 1. The minimum Gasteiger partial charge on any atom is -0.497 e. The Balaban J connectivity index is 2.38. The number of nitrogens with zero attached hydrogens (tertiary/aromatic N) is 1. The van der Waals surface area contributed by atoms with Crippen molar-refractivity contribution < 1.29 is 4.74 Å². The van der Waals surface area contributed by atoms with Gasteiger partial charge in [0.25, 0.3) is 0 Å². The van der Waals surface area contributed by atoms with Crippen LogP contribution in [0, 0.1) is 3.14 Å². The van der Waals surface area contributed by atoms with Gasteiger partial charge in [0.1, 0.15) is 10.8 Å². The molecule has 5 heteroatoms. The fourth-order valence-corrected chi connectivity index (χ4v) is 2.82. The average Bonchev–Trinajstić information content (AvgIpc) is 2.65. The highest BCUT2D eigenvalue weighted by molar-refractivity contribution is 7.76. The van der Waals surface area contributed by atoms with Crippen molar-refractivity contribution in [3.8, 4) is 16.3 Å². The van der Waals surface area contributed by atoms with E-state index in [0.29, 0.717) is 0 Å². The van der Waals surface area contributed by atoms with E-state index in [9.17, 15) is 0 Å². The first-order valence-electron chi connectivity index (χ1n) is 3.91. The maximum atomic E-state index is 5.08. The van der Waals surface area contributed by atoms with Crippen molar-refractivity contribution in [2.24, 2.45) is 0 Å². The minimum atomic E-state index is 0.854. The number of hydrogen-bond acceptors (Lipinski definition) is 5. The summed E-state index contributed by atoms with van der Waals surface area (Å²) < 4.78 is 10.2. The smallest absolute Gasteiger partial charge is 0.164 e. The van der Waals surface area contributed by atoms with Crippen LogP contribution in [-0.4, -0.2) is 11.5 Å². The maximum Gasteiger partial charge on any atom is 0.164 e. The first kappa shape index (κ1) is 9.76. The van der Waals surface area contributed by atoms with Crippen LogP contribution < -0.4 is 4.74 Å². The molecule has 0 bridgehead atoms. The molecule has 0 radical (unpaired) electrons. The third-order valence-electron chi connectivity index (χ3n) is 1.72. The van der Waals surface area contributed by atoms with Crippen LogP contribution in [-0.2, 0) is 0 Å². The van der Waals surface area contributed by atoms with E-state index in [1.807, 2.05) is 24.3 Å². The Morgan fingerprint density at radius 2 is 2.00 bits per heavy atom. The Labute approximate surface area is 95.0 Å². The number of hydrogen-bond donors (Lipinski definition) is 0. The molecule has 0 unspecified atom stereocenters. The lowest BCUT2D eigenvalue weighted by molar-refractivity contribution is 0.415. The van der Waals surface area contributed by atoms with Crippen molar-refractivity contribution in [1.29, 1.82) is 0 Å². The lowest BCUT2D eigenvalue weighted by atomic mass is 10.2. The molecule has 2 rings (SSSR count). The van der Waals surface area contributed by atoms with Crippen LogP contribution in [0.5, 0.6) is 5.75 Å². The summed E-state index contributed by atoms with van der Waals surface area (Å²) in [6.07, 6.45) is 0. The van der Waals surface area contributed by atoms with Crippen molar-refractivity contribution in [2.45, 2.75) is 0 Å². The normalized spacial score (nSPS) is 10.1. The van der Waals surface area contributed by atoms with Gasteiger partial charge in [-0.25, -0.2) is 0 Å². The maximum absolute atomic E-state index is 5.08. The van der Waals surface area contributed by atoms with Crippen LogP contribution in [0.1, 0.15) is 0 Å². The molecule has 2 nitrogen and oxygen atoms in total. The summed E-state index contributed by atoms with van der Waals surface area (Å²) in [7, 11) is 1.65. The average molecular weight is 241 g/mol. The molecule has 1 aromatic heterocycles. The zero-order valence-corrected chi connectivity index (χ0v) is 9.84. The highest BCUT2D eigenvalue weighted by atomic mass is 32.2. The summed E-state index contributed by atoms with van der Waals surface area (Å²) in [4.78, 5) is 0. The molecule has 0 saturated heterocycles. The van der Waals surface area contributed by atoms with Crippen LogP contribution in [0.3, 0.4) is 0 Å². The summed E-state index contributed by atoms with van der Waals surface area (Å²) >= 11 is 7.93. The lowest BCUT2D eigenvalue weighted by Gasteiger charge is -1.99. The summed E-state index contributed by atoms with van der Waals surface area (Å²) in [5.74, 6) is 0.854. The largest absolute Gasteiger partial charge is 0.497 e. The fraction of sp³-hybridized carbons (Fsp3) is 0.111. The molecular formula is C9H7NOS3. The van der Waals surface area contributed by atoms with Crippen LogP contribution in [0.4, 0.5) is 0 Å². The van der Waals surface area contributed by atoms with Gasteiger partial charge in [0.2, 0.25) is 0 Å². The Hall–Kier alpha value is -0.780. The topological polar surface area (TPSA) is 22.1 Å². The highest BCUT2D eigenvalue weighted by Gasteiger charge is 2.01.